The highest BCUT2D eigenvalue weighted by molar-refractivity contribution is 5.93. The second-order valence-electron chi connectivity index (χ2n) is 9.53. The van der Waals surface area contributed by atoms with Crippen LogP contribution in [0.1, 0.15) is 91.9 Å². The van der Waals surface area contributed by atoms with Crippen LogP contribution >= 0.6 is 0 Å². The van der Waals surface area contributed by atoms with Crippen LogP contribution in [-0.2, 0) is 19.1 Å². The minimum atomic E-state index is -0.675. The van der Waals surface area contributed by atoms with E-state index in [0.29, 0.717) is 12.8 Å². The van der Waals surface area contributed by atoms with Crippen LogP contribution in [0.5, 0.6) is 0 Å². The average molecular weight is 555 g/mol. The van der Waals surface area contributed by atoms with Gasteiger partial charge in [-0.15, -0.1) is 0 Å². The zero-order valence-corrected chi connectivity index (χ0v) is 25.2. The quantitative estimate of drug-likeness (QED) is 0.0458. The lowest BCUT2D eigenvalue weighted by atomic mass is 10.2. The molecule has 0 N–H and O–H groups in total. The maximum atomic E-state index is 12.2. The van der Waals surface area contributed by atoms with E-state index in [1.807, 2.05) is 24.5 Å². The molecule has 0 atom stereocenters. The minimum absolute atomic E-state index is 0.0616. The van der Waals surface area contributed by atoms with Crippen LogP contribution in [0.15, 0.2) is 47.9 Å². The van der Waals surface area contributed by atoms with E-state index in [-0.39, 0.29) is 24.4 Å². The van der Waals surface area contributed by atoms with Gasteiger partial charge in [-0.1, -0.05) is 53.4 Å². The Hall–Kier alpha value is -3.52. The molecule has 40 heavy (non-hydrogen) atoms. The minimum Gasteiger partial charge on any atom is -0.462 e. The van der Waals surface area contributed by atoms with Crippen molar-refractivity contribution in [1.82, 2.24) is 9.80 Å². The first-order chi connectivity index (χ1) is 19.5. The molecule has 0 unspecified atom stereocenters. The van der Waals surface area contributed by atoms with Crippen molar-refractivity contribution in [2.75, 3.05) is 39.4 Å². The number of nitriles is 2. The normalized spacial score (nSPS) is 11.8. The Balaban J connectivity index is 4.58. The zero-order chi connectivity index (χ0) is 29.8. The number of unbranched alkanes of at least 4 members (excludes halogenated alkanes) is 5. The summed E-state index contributed by atoms with van der Waals surface area (Å²) in [4.78, 5) is 28.9. The number of rotatable bonds is 23. The summed E-state index contributed by atoms with van der Waals surface area (Å²) in [6.45, 7) is 12.6. The zero-order valence-electron chi connectivity index (χ0n) is 25.2. The molecule has 0 saturated carbocycles. The van der Waals surface area contributed by atoms with E-state index >= 15 is 0 Å². The molecular weight excluding hydrogens is 504 g/mol. The summed E-state index contributed by atoms with van der Waals surface area (Å²) >= 11 is 0. The van der Waals surface area contributed by atoms with Gasteiger partial charge in [-0.25, -0.2) is 9.59 Å². The molecule has 0 heterocycles. The van der Waals surface area contributed by atoms with Crippen LogP contribution in [0, 0.1) is 22.7 Å². The number of ether oxygens (including phenoxy) is 2. The maximum absolute atomic E-state index is 12.2. The third-order valence-electron chi connectivity index (χ3n) is 6.00. The van der Waals surface area contributed by atoms with Gasteiger partial charge in [0.2, 0.25) is 0 Å². The summed E-state index contributed by atoms with van der Waals surface area (Å²) in [7, 11) is 0. The standard InChI is InChI=1S/C32H50N4O4/c1-5-9-19-35(20-10-6-2)23-15-17-29(27-33)31(37)39-25-13-14-26-40-32(38)30(28-34)18-16-24-36(21-11-7-3)22-12-8-4/h15-18,23-24H,5-14,19-22,25-26H2,1-4H3/b23-15+,24-16+,29-17-,30-18-. The monoisotopic (exact) mass is 554 g/mol. The first-order valence-electron chi connectivity index (χ1n) is 14.9. The smallest absolute Gasteiger partial charge is 0.348 e. The average Bonchev–Trinajstić information content (AvgIpc) is 2.96. The highest BCUT2D eigenvalue weighted by Crippen LogP contribution is 2.05. The molecule has 0 saturated heterocycles. The van der Waals surface area contributed by atoms with Crippen LogP contribution in [0.2, 0.25) is 0 Å². The van der Waals surface area contributed by atoms with Gasteiger partial charge in [0, 0.05) is 26.2 Å². The highest BCUT2D eigenvalue weighted by Gasteiger charge is 2.11. The third kappa shape index (κ3) is 18.7. The molecular formula is C32H50N4O4. The van der Waals surface area contributed by atoms with Crippen LogP contribution in [-0.4, -0.2) is 61.1 Å². The molecule has 222 valence electrons. The van der Waals surface area contributed by atoms with Crippen molar-refractivity contribution in [1.29, 1.82) is 10.5 Å². The third-order valence-corrected chi connectivity index (χ3v) is 6.00. The summed E-state index contributed by atoms with van der Waals surface area (Å²) in [6, 6.07) is 3.79. The molecule has 0 fully saturated rings. The van der Waals surface area contributed by atoms with Crippen LogP contribution < -0.4 is 0 Å². The largest absolute Gasteiger partial charge is 0.462 e. The molecule has 0 aliphatic rings. The molecule has 0 radical (unpaired) electrons. The Labute approximate surface area is 242 Å². The molecule has 8 nitrogen and oxygen atoms in total. The van der Waals surface area contributed by atoms with Crippen molar-refractivity contribution < 1.29 is 19.1 Å². The van der Waals surface area contributed by atoms with Crippen molar-refractivity contribution in [3.05, 3.63) is 47.9 Å². The lowest BCUT2D eigenvalue weighted by molar-refractivity contribution is -0.141. The molecule has 0 bridgehead atoms. The van der Waals surface area contributed by atoms with Crippen LogP contribution in [0.4, 0.5) is 0 Å². The number of allylic oxidation sites excluding steroid dienone is 4. The van der Waals surface area contributed by atoms with E-state index in [1.54, 1.807) is 12.2 Å². The first kappa shape index (κ1) is 36.5. The van der Waals surface area contributed by atoms with Gasteiger partial charge in [-0.2, -0.15) is 10.5 Å². The topological polar surface area (TPSA) is 107 Å². The fraction of sp³-hybridized carbons (Fsp3) is 0.625. The van der Waals surface area contributed by atoms with Crippen molar-refractivity contribution in [3.63, 3.8) is 0 Å². The van der Waals surface area contributed by atoms with Gasteiger partial charge in [0.15, 0.2) is 0 Å². The SMILES string of the molecule is CCCCN(/C=C/C=C(/C#N)C(=O)OCCCCOC(=O)/C(C#N)=C\C=C\N(CCCC)CCCC)CCCC. The lowest BCUT2D eigenvalue weighted by Crippen LogP contribution is -2.19. The molecule has 8 heteroatoms. The molecule has 0 spiro atoms. The summed E-state index contributed by atoms with van der Waals surface area (Å²) in [6.07, 6.45) is 19.9. The number of hydrogen-bond acceptors (Lipinski definition) is 8. The van der Waals surface area contributed by atoms with Gasteiger partial charge in [0.25, 0.3) is 0 Å². The second kappa shape index (κ2) is 25.7. The Morgan fingerprint density at radius 3 is 1.20 bits per heavy atom. The number of esters is 2. The van der Waals surface area contributed by atoms with E-state index in [9.17, 15) is 20.1 Å². The van der Waals surface area contributed by atoms with Gasteiger partial charge >= 0.3 is 11.9 Å². The molecule has 0 aliphatic heterocycles. The molecule has 0 rings (SSSR count). The van der Waals surface area contributed by atoms with Crippen LogP contribution in [0.3, 0.4) is 0 Å². The fourth-order valence-corrected chi connectivity index (χ4v) is 3.48. The Kier molecular flexibility index (Phi) is 23.5. The van der Waals surface area contributed by atoms with Gasteiger partial charge in [0.05, 0.1) is 13.2 Å². The number of carbonyl (C=O) groups excluding carboxylic acids is 2. The highest BCUT2D eigenvalue weighted by atomic mass is 16.5. The van der Waals surface area contributed by atoms with E-state index < -0.39 is 11.9 Å². The van der Waals surface area contributed by atoms with Crippen LogP contribution in [0.25, 0.3) is 0 Å². The summed E-state index contributed by atoms with van der Waals surface area (Å²) in [5.74, 6) is -1.35. The van der Waals surface area contributed by atoms with Crippen molar-refractivity contribution >= 4 is 11.9 Å². The summed E-state index contributed by atoms with van der Waals surface area (Å²) in [5, 5.41) is 18.7. The number of hydrogen-bond donors (Lipinski definition) is 0. The van der Waals surface area contributed by atoms with Crippen molar-refractivity contribution in [2.45, 2.75) is 91.9 Å². The van der Waals surface area contributed by atoms with Gasteiger partial charge in [-0.05, 0) is 75.2 Å². The fourth-order valence-electron chi connectivity index (χ4n) is 3.48. The lowest BCUT2D eigenvalue weighted by Gasteiger charge is -2.19. The molecule has 0 aromatic heterocycles. The van der Waals surface area contributed by atoms with E-state index in [2.05, 4.69) is 37.5 Å². The maximum Gasteiger partial charge on any atom is 0.348 e. The number of nitrogens with zero attached hydrogens (tertiary/aromatic N) is 4. The van der Waals surface area contributed by atoms with Gasteiger partial charge < -0.3 is 19.3 Å². The van der Waals surface area contributed by atoms with E-state index in [0.717, 1.165) is 77.5 Å². The second-order valence-corrected chi connectivity index (χ2v) is 9.53. The summed E-state index contributed by atoms with van der Waals surface area (Å²) < 4.78 is 10.4. The van der Waals surface area contributed by atoms with E-state index in [4.69, 9.17) is 9.47 Å². The Morgan fingerprint density at radius 1 is 0.600 bits per heavy atom. The predicted molar refractivity (Wildman–Crippen MR) is 160 cm³/mol. The predicted octanol–water partition coefficient (Wildman–Crippen LogP) is 6.58. The first-order valence-corrected chi connectivity index (χ1v) is 14.9. The molecule has 0 aromatic rings. The molecule has 0 aromatic carbocycles. The van der Waals surface area contributed by atoms with Gasteiger partial charge in [-0.3, -0.25) is 0 Å². The van der Waals surface area contributed by atoms with Crippen molar-refractivity contribution in [2.24, 2.45) is 0 Å². The van der Waals surface area contributed by atoms with Crippen molar-refractivity contribution in [3.8, 4) is 12.1 Å². The molecule has 0 aliphatic carbocycles. The number of carbonyl (C=O) groups is 2. The van der Waals surface area contributed by atoms with Gasteiger partial charge in [0.1, 0.15) is 23.3 Å². The Bertz CT molecular complexity index is 819. The summed E-state index contributed by atoms with van der Waals surface area (Å²) in [5.41, 5.74) is -0.123. The molecule has 0 amide bonds. The van der Waals surface area contributed by atoms with E-state index in [1.165, 1.54) is 12.2 Å². The Morgan fingerprint density at radius 2 is 0.925 bits per heavy atom.